The van der Waals surface area contributed by atoms with Gasteiger partial charge in [0.15, 0.2) is 0 Å². The molecule has 0 radical (unpaired) electrons. The number of hydrogen-bond donors (Lipinski definition) is 0. The van der Waals surface area contributed by atoms with E-state index >= 15 is 0 Å². The van der Waals surface area contributed by atoms with Crippen LogP contribution in [0.1, 0.15) is 36.5 Å². The first-order valence-electron chi connectivity index (χ1n) is 10.4. The molecular weight excluding hydrogens is 424 g/mol. The Balaban J connectivity index is 1.92. The standard InChI is InChI=1S/C24H26N4O3S/c1-14(2)10-19-27-21-20-17(13-30-4)11-15(3)26-23(20)32-22(21)24(29)28(19)25-12-16-6-8-18(31-5)9-7-16/h6-9,11-12,14H,10,13H2,1-5H3/b25-12-. The molecule has 0 spiro atoms. The molecule has 166 valence electrons. The summed E-state index contributed by atoms with van der Waals surface area (Å²) in [5.41, 5.74) is 3.24. The average Bonchev–Trinajstić information content (AvgIpc) is 3.12. The van der Waals surface area contributed by atoms with Gasteiger partial charge in [0.1, 0.15) is 21.1 Å². The molecule has 0 bridgehead atoms. The first-order valence-corrected chi connectivity index (χ1v) is 11.2. The van der Waals surface area contributed by atoms with E-state index in [9.17, 15) is 4.79 Å². The van der Waals surface area contributed by atoms with Crippen LogP contribution in [0.15, 0.2) is 40.2 Å². The number of aryl methyl sites for hydroxylation is 1. The lowest BCUT2D eigenvalue weighted by Gasteiger charge is -2.10. The third-order valence-corrected chi connectivity index (χ3v) is 6.11. The second-order valence-corrected chi connectivity index (χ2v) is 9.08. The molecule has 0 aliphatic rings. The Labute approximate surface area is 190 Å². The van der Waals surface area contributed by atoms with E-state index in [1.54, 1.807) is 20.4 Å². The third kappa shape index (κ3) is 4.28. The van der Waals surface area contributed by atoms with Crippen molar-refractivity contribution in [2.24, 2.45) is 11.0 Å². The molecular formula is C24H26N4O3S. The van der Waals surface area contributed by atoms with Gasteiger partial charge in [0, 0.05) is 24.6 Å². The molecule has 3 heterocycles. The third-order valence-electron chi connectivity index (χ3n) is 5.05. The number of nitrogens with zero attached hydrogens (tertiary/aromatic N) is 4. The highest BCUT2D eigenvalue weighted by Crippen LogP contribution is 2.33. The molecule has 0 atom stereocenters. The Morgan fingerprint density at radius 1 is 1.19 bits per heavy atom. The summed E-state index contributed by atoms with van der Waals surface area (Å²) in [7, 11) is 3.29. The molecule has 0 fully saturated rings. The molecule has 32 heavy (non-hydrogen) atoms. The molecule has 1 aromatic carbocycles. The maximum Gasteiger partial charge on any atom is 0.292 e. The van der Waals surface area contributed by atoms with Gasteiger partial charge < -0.3 is 9.47 Å². The maximum absolute atomic E-state index is 13.5. The molecule has 7 nitrogen and oxygen atoms in total. The highest BCUT2D eigenvalue weighted by molar-refractivity contribution is 7.25. The van der Waals surface area contributed by atoms with Crippen molar-refractivity contribution in [2.75, 3.05) is 14.2 Å². The second kappa shape index (κ2) is 9.18. The van der Waals surface area contributed by atoms with E-state index in [1.165, 1.54) is 16.0 Å². The van der Waals surface area contributed by atoms with Crippen molar-refractivity contribution in [1.29, 1.82) is 0 Å². The van der Waals surface area contributed by atoms with Gasteiger partial charge in [0.25, 0.3) is 5.56 Å². The molecule has 0 unspecified atom stereocenters. The number of ether oxygens (including phenoxy) is 2. The van der Waals surface area contributed by atoms with Crippen molar-refractivity contribution in [1.82, 2.24) is 14.6 Å². The van der Waals surface area contributed by atoms with E-state index in [1.807, 2.05) is 37.3 Å². The SMILES string of the molecule is COCc1cc(C)nc2sc3c(=O)n(/N=C\c4ccc(OC)cc4)c(CC(C)C)nc3c12. The second-order valence-electron chi connectivity index (χ2n) is 8.08. The molecule has 0 saturated carbocycles. The van der Waals surface area contributed by atoms with Crippen molar-refractivity contribution in [3.8, 4) is 5.75 Å². The quantitative estimate of drug-likeness (QED) is 0.386. The molecule has 8 heteroatoms. The molecule has 0 aliphatic heterocycles. The van der Waals surface area contributed by atoms with Gasteiger partial charge in [-0.25, -0.2) is 9.97 Å². The van der Waals surface area contributed by atoms with Crippen LogP contribution in [0.2, 0.25) is 0 Å². The van der Waals surface area contributed by atoms with Gasteiger partial charge in [-0.3, -0.25) is 4.79 Å². The largest absolute Gasteiger partial charge is 0.497 e. The first kappa shape index (κ1) is 22.1. The fourth-order valence-corrected chi connectivity index (χ4v) is 4.77. The van der Waals surface area contributed by atoms with Crippen LogP contribution in [-0.2, 0) is 17.8 Å². The maximum atomic E-state index is 13.5. The summed E-state index contributed by atoms with van der Waals surface area (Å²) < 4.78 is 12.6. The average molecular weight is 451 g/mol. The highest BCUT2D eigenvalue weighted by Gasteiger charge is 2.19. The van der Waals surface area contributed by atoms with Crippen molar-refractivity contribution in [3.63, 3.8) is 0 Å². The lowest BCUT2D eigenvalue weighted by atomic mass is 10.1. The number of pyridine rings is 1. The van der Waals surface area contributed by atoms with Crippen LogP contribution >= 0.6 is 11.3 Å². The number of thiophene rings is 1. The van der Waals surface area contributed by atoms with E-state index in [0.29, 0.717) is 35.0 Å². The van der Waals surface area contributed by atoms with Crippen molar-refractivity contribution in [3.05, 3.63) is 63.3 Å². The highest BCUT2D eigenvalue weighted by atomic mass is 32.1. The van der Waals surface area contributed by atoms with Gasteiger partial charge in [0.2, 0.25) is 0 Å². The van der Waals surface area contributed by atoms with Gasteiger partial charge in [-0.15, -0.1) is 11.3 Å². The number of benzene rings is 1. The summed E-state index contributed by atoms with van der Waals surface area (Å²) in [5.74, 6) is 1.71. The smallest absolute Gasteiger partial charge is 0.292 e. The Morgan fingerprint density at radius 3 is 2.59 bits per heavy atom. The van der Waals surface area contributed by atoms with Gasteiger partial charge in [-0.05, 0) is 54.3 Å². The van der Waals surface area contributed by atoms with E-state index in [2.05, 4.69) is 23.9 Å². The number of fused-ring (bicyclic) bond motifs is 3. The molecule has 4 rings (SSSR count). The van der Waals surface area contributed by atoms with Crippen molar-refractivity contribution < 1.29 is 9.47 Å². The Bertz CT molecular complexity index is 1350. The van der Waals surface area contributed by atoms with Crippen molar-refractivity contribution in [2.45, 2.75) is 33.8 Å². The van der Waals surface area contributed by atoms with Crippen LogP contribution in [0.4, 0.5) is 0 Å². The van der Waals surface area contributed by atoms with Gasteiger partial charge in [-0.1, -0.05) is 13.8 Å². The van der Waals surface area contributed by atoms with Crippen LogP contribution in [0.5, 0.6) is 5.75 Å². The lowest BCUT2D eigenvalue weighted by molar-refractivity contribution is 0.186. The van der Waals surface area contributed by atoms with Crippen LogP contribution in [0.25, 0.3) is 20.4 Å². The molecule has 3 aromatic heterocycles. The van der Waals surface area contributed by atoms with E-state index in [0.717, 1.165) is 32.8 Å². The number of methoxy groups -OCH3 is 2. The summed E-state index contributed by atoms with van der Waals surface area (Å²) in [6.07, 6.45) is 2.30. The minimum absolute atomic E-state index is 0.181. The minimum Gasteiger partial charge on any atom is -0.497 e. The molecule has 0 N–H and O–H groups in total. The van der Waals surface area contributed by atoms with E-state index in [4.69, 9.17) is 14.5 Å². The molecule has 0 aliphatic carbocycles. The van der Waals surface area contributed by atoms with Gasteiger partial charge in [-0.2, -0.15) is 9.78 Å². The van der Waals surface area contributed by atoms with E-state index in [-0.39, 0.29) is 5.56 Å². The van der Waals surface area contributed by atoms with Crippen LogP contribution < -0.4 is 10.3 Å². The topological polar surface area (TPSA) is 78.6 Å². The van der Waals surface area contributed by atoms with Gasteiger partial charge in [0.05, 0.1) is 25.4 Å². The molecule has 4 aromatic rings. The normalized spacial score (nSPS) is 11.9. The summed E-state index contributed by atoms with van der Waals surface area (Å²) >= 11 is 1.36. The monoisotopic (exact) mass is 450 g/mol. The summed E-state index contributed by atoms with van der Waals surface area (Å²) in [6.45, 7) is 6.57. The zero-order chi connectivity index (χ0) is 22.8. The van der Waals surface area contributed by atoms with Crippen LogP contribution in [-0.4, -0.2) is 35.1 Å². The lowest BCUT2D eigenvalue weighted by Crippen LogP contribution is -2.22. The summed E-state index contributed by atoms with van der Waals surface area (Å²) in [6, 6.07) is 9.50. The van der Waals surface area contributed by atoms with Gasteiger partial charge >= 0.3 is 0 Å². The van der Waals surface area contributed by atoms with E-state index < -0.39 is 0 Å². The Morgan fingerprint density at radius 2 is 1.94 bits per heavy atom. The Kier molecular flexibility index (Phi) is 6.34. The fourth-order valence-electron chi connectivity index (χ4n) is 3.64. The predicted molar refractivity (Wildman–Crippen MR) is 129 cm³/mol. The first-order chi connectivity index (χ1) is 15.4. The molecule has 0 saturated heterocycles. The Hall–Kier alpha value is -3.10. The molecule has 0 amide bonds. The zero-order valence-electron chi connectivity index (χ0n) is 18.9. The number of hydrogen-bond acceptors (Lipinski definition) is 7. The minimum atomic E-state index is -0.181. The zero-order valence-corrected chi connectivity index (χ0v) is 19.7. The fraction of sp³-hybridized carbons (Fsp3) is 0.333. The summed E-state index contributed by atoms with van der Waals surface area (Å²) in [4.78, 5) is 23.9. The van der Waals surface area contributed by atoms with Crippen LogP contribution in [0.3, 0.4) is 0 Å². The predicted octanol–water partition coefficient (Wildman–Crippen LogP) is 4.55. The number of aromatic nitrogens is 3. The van der Waals surface area contributed by atoms with Crippen LogP contribution in [0, 0.1) is 12.8 Å². The summed E-state index contributed by atoms with van der Waals surface area (Å²) in [5, 5.41) is 5.41. The van der Waals surface area contributed by atoms with Crippen molar-refractivity contribution >= 4 is 38.0 Å². The number of rotatable bonds is 7.